The standard InChI is InChI=1S/C6H6O2.CHNO/c7-5-2-1-3-6(8)4-5;2-1-3/h1-4,7-8H;2H. The summed E-state index contributed by atoms with van der Waals surface area (Å²) in [6.07, 6.45) is 0.750. The molecule has 0 radical (unpaired) electrons. The minimum Gasteiger partial charge on any atom is -0.508 e. The van der Waals surface area contributed by atoms with E-state index < -0.39 is 0 Å². The lowest BCUT2D eigenvalue weighted by atomic mass is 10.3. The Labute approximate surface area is 63.2 Å². The van der Waals surface area contributed by atoms with E-state index in [1.54, 1.807) is 6.07 Å². The van der Waals surface area contributed by atoms with Gasteiger partial charge in [-0.25, -0.2) is 10.2 Å². The van der Waals surface area contributed by atoms with Gasteiger partial charge in [0.15, 0.2) is 0 Å². The summed E-state index contributed by atoms with van der Waals surface area (Å²) in [5, 5.41) is 22.7. The first kappa shape index (κ1) is 9.20. The predicted octanol–water partition coefficient (Wildman–Crippen LogP) is 0.999. The summed E-state index contributed by atoms with van der Waals surface area (Å²) < 4.78 is 0. The average Bonchev–Trinajstić information content (AvgIpc) is 1.88. The Morgan fingerprint density at radius 1 is 1.27 bits per heavy atom. The largest absolute Gasteiger partial charge is 0.508 e. The molecular weight excluding hydrogens is 146 g/mol. The van der Waals surface area contributed by atoms with E-state index in [9.17, 15) is 0 Å². The summed E-state index contributed by atoms with van der Waals surface area (Å²) in [5.41, 5.74) is 0. The average molecular weight is 153 g/mol. The van der Waals surface area contributed by atoms with Crippen molar-refractivity contribution in [1.82, 2.24) is 0 Å². The van der Waals surface area contributed by atoms with Gasteiger partial charge < -0.3 is 10.2 Å². The monoisotopic (exact) mass is 153 g/mol. The maximum absolute atomic E-state index is 8.65. The maximum Gasteiger partial charge on any atom is 0.231 e. The number of carbonyl (C=O) groups excluding carboxylic acids is 1. The van der Waals surface area contributed by atoms with Crippen molar-refractivity contribution in [3.63, 3.8) is 0 Å². The fraction of sp³-hybridized carbons (Fsp3) is 0. The van der Waals surface area contributed by atoms with Crippen LogP contribution in [-0.4, -0.2) is 16.3 Å². The van der Waals surface area contributed by atoms with Crippen LogP contribution in [0, 0.1) is 5.41 Å². The lowest BCUT2D eigenvalue weighted by Crippen LogP contribution is -1.61. The van der Waals surface area contributed by atoms with Crippen LogP contribution in [0.25, 0.3) is 0 Å². The summed E-state index contributed by atoms with van der Waals surface area (Å²) in [6.45, 7) is 0. The molecule has 1 aromatic carbocycles. The van der Waals surface area contributed by atoms with Gasteiger partial charge >= 0.3 is 0 Å². The zero-order valence-corrected chi connectivity index (χ0v) is 5.61. The number of hydrogen-bond donors (Lipinski definition) is 3. The first-order valence-electron chi connectivity index (χ1n) is 2.72. The molecule has 0 aliphatic rings. The Morgan fingerprint density at radius 2 is 1.64 bits per heavy atom. The molecule has 1 rings (SSSR count). The SMILES string of the molecule is N=C=O.Oc1cccc(O)c1. The van der Waals surface area contributed by atoms with Crippen molar-refractivity contribution >= 4 is 6.08 Å². The second-order valence-corrected chi connectivity index (χ2v) is 1.62. The first-order chi connectivity index (χ1) is 5.20. The van der Waals surface area contributed by atoms with Gasteiger partial charge in [-0.05, 0) is 12.1 Å². The van der Waals surface area contributed by atoms with Crippen LogP contribution >= 0.6 is 0 Å². The van der Waals surface area contributed by atoms with E-state index in [1.807, 2.05) is 0 Å². The van der Waals surface area contributed by atoms with E-state index in [0.717, 1.165) is 6.08 Å². The van der Waals surface area contributed by atoms with Crippen molar-refractivity contribution in [3.8, 4) is 11.5 Å². The van der Waals surface area contributed by atoms with Crippen LogP contribution in [0.4, 0.5) is 0 Å². The van der Waals surface area contributed by atoms with Gasteiger partial charge in [-0.15, -0.1) is 0 Å². The molecule has 0 saturated carbocycles. The van der Waals surface area contributed by atoms with Crippen molar-refractivity contribution in [1.29, 1.82) is 5.41 Å². The molecule has 3 N–H and O–H groups in total. The van der Waals surface area contributed by atoms with Crippen LogP contribution in [0.15, 0.2) is 24.3 Å². The molecule has 0 saturated heterocycles. The Morgan fingerprint density at radius 3 is 1.82 bits per heavy atom. The van der Waals surface area contributed by atoms with Gasteiger partial charge in [0.25, 0.3) is 0 Å². The number of aromatic hydroxyl groups is 2. The summed E-state index contributed by atoms with van der Waals surface area (Å²) in [4.78, 5) is 8.35. The minimum atomic E-state index is 0.0880. The quantitative estimate of drug-likeness (QED) is 0.384. The molecule has 4 nitrogen and oxygen atoms in total. The third kappa shape index (κ3) is 4.69. The van der Waals surface area contributed by atoms with Crippen molar-refractivity contribution in [2.24, 2.45) is 0 Å². The van der Waals surface area contributed by atoms with Crippen molar-refractivity contribution < 1.29 is 15.0 Å². The van der Waals surface area contributed by atoms with Gasteiger partial charge in [-0.1, -0.05) is 6.07 Å². The number of benzene rings is 1. The molecule has 0 unspecified atom stereocenters. The van der Waals surface area contributed by atoms with Crippen LogP contribution in [0.5, 0.6) is 11.5 Å². The molecule has 0 heterocycles. The van der Waals surface area contributed by atoms with E-state index in [0.29, 0.717) is 0 Å². The molecule has 0 aliphatic heterocycles. The van der Waals surface area contributed by atoms with E-state index >= 15 is 0 Å². The fourth-order valence-corrected chi connectivity index (χ4v) is 0.493. The molecule has 4 heteroatoms. The van der Waals surface area contributed by atoms with Crippen LogP contribution in [-0.2, 0) is 4.79 Å². The smallest absolute Gasteiger partial charge is 0.231 e. The Balaban J connectivity index is 0.000000292. The fourth-order valence-electron chi connectivity index (χ4n) is 0.493. The van der Waals surface area contributed by atoms with Crippen LogP contribution < -0.4 is 0 Å². The Bertz CT molecular complexity index is 236. The predicted molar refractivity (Wildman–Crippen MR) is 38.2 cm³/mol. The maximum atomic E-state index is 8.65. The molecule has 58 valence electrons. The summed E-state index contributed by atoms with van der Waals surface area (Å²) >= 11 is 0. The van der Waals surface area contributed by atoms with Crippen molar-refractivity contribution in [2.45, 2.75) is 0 Å². The number of rotatable bonds is 0. The molecule has 0 atom stereocenters. The van der Waals surface area contributed by atoms with Crippen LogP contribution in [0.3, 0.4) is 0 Å². The lowest BCUT2D eigenvalue weighted by molar-refractivity contribution is 0.450. The third-order valence-electron chi connectivity index (χ3n) is 0.830. The Hall–Kier alpha value is -1.80. The van der Waals surface area contributed by atoms with E-state index in [1.165, 1.54) is 18.2 Å². The molecular formula is C7H7NO3. The van der Waals surface area contributed by atoms with Crippen LogP contribution in [0.1, 0.15) is 0 Å². The summed E-state index contributed by atoms with van der Waals surface area (Å²) in [7, 11) is 0. The highest BCUT2D eigenvalue weighted by atomic mass is 16.3. The number of isocyanates is 1. The molecule has 0 aromatic heterocycles. The Kier molecular flexibility index (Phi) is 4.20. The summed E-state index contributed by atoms with van der Waals surface area (Å²) in [5.74, 6) is 0.176. The molecule has 11 heavy (non-hydrogen) atoms. The van der Waals surface area contributed by atoms with Gasteiger partial charge in [-0.3, -0.25) is 0 Å². The number of hydrogen-bond acceptors (Lipinski definition) is 4. The normalized spacial score (nSPS) is 7.27. The highest BCUT2D eigenvalue weighted by molar-refractivity contribution is 5.30. The number of phenolic OH excluding ortho intramolecular Hbond substituents is 2. The molecule has 0 aliphatic carbocycles. The van der Waals surface area contributed by atoms with Gasteiger partial charge in [-0.2, -0.15) is 0 Å². The topological polar surface area (TPSA) is 81.4 Å². The zero-order valence-electron chi connectivity index (χ0n) is 5.61. The van der Waals surface area contributed by atoms with E-state index in [2.05, 4.69) is 0 Å². The summed E-state index contributed by atoms with van der Waals surface area (Å²) in [6, 6.07) is 5.85. The van der Waals surface area contributed by atoms with Gasteiger partial charge in [0.2, 0.25) is 6.08 Å². The van der Waals surface area contributed by atoms with Crippen molar-refractivity contribution in [2.75, 3.05) is 0 Å². The van der Waals surface area contributed by atoms with Gasteiger partial charge in [0.1, 0.15) is 11.5 Å². The van der Waals surface area contributed by atoms with Gasteiger partial charge in [0, 0.05) is 6.07 Å². The lowest BCUT2D eigenvalue weighted by Gasteiger charge is -1.89. The second-order valence-electron chi connectivity index (χ2n) is 1.62. The molecule has 0 spiro atoms. The van der Waals surface area contributed by atoms with Crippen LogP contribution in [0.2, 0.25) is 0 Å². The first-order valence-corrected chi connectivity index (χ1v) is 2.72. The van der Waals surface area contributed by atoms with E-state index in [4.69, 9.17) is 20.4 Å². The number of nitrogens with one attached hydrogen (secondary N) is 1. The highest BCUT2D eigenvalue weighted by Crippen LogP contribution is 2.14. The molecule has 0 amide bonds. The number of phenols is 2. The molecule has 1 aromatic rings. The second kappa shape index (κ2) is 5.02. The van der Waals surface area contributed by atoms with Gasteiger partial charge in [0.05, 0.1) is 0 Å². The zero-order chi connectivity index (χ0) is 8.69. The third-order valence-corrected chi connectivity index (χ3v) is 0.830. The van der Waals surface area contributed by atoms with E-state index in [-0.39, 0.29) is 11.5 Å². The molecule has 0 fully saturated rings. The molecule has 0 bridgehead atoms. The van der Waals surface area contributed by atoms with Crippen molar-refractivity contribution in [3.05, 3.63) is 24.3 Å². The minimum absolute atomic E-state index is 0.0880. The highest BCUT2D eigenvalue weighted by Gasteiger charge is 1.85.